The van der Waals surface area contributed by atoms with E-state index in [2.05, 4.69) is 34.5 Å². The molecular formula is C18H26N2O. The zero-order valence-electron chi connectivity index (χ0n) is 12.8. The highest BCUT2D eigenvalue weighted by molar-refractivity contribution is 5.79. The molecule has 0 radical (unpaired) electrons. The Morgan fingerprint density at radius 2 is 1.76 bits per heavy atom. The molecule has 1 atom stereocenters. The molecule has 1 unspecified atom stereocenters. The van der Waals surface area contributed by atoms with Gasteiger partial charge in [0, 0.05) is 12.5 Å². The molecule has 2 fully saturated rings. The number of hydrogen-bond donors (Lipinski definition) is 1. The van der Waals surface area contributed by atoms with Crippen LogP contribution >= 0.6 is 0 Å². The zero-order chi connectivity index (χ0) is 14.5. The summed E-state index contributed by atoms with van der Waals surface area (Å²) >= 11 is 0. The summed E-state index contributed by atoms with van der Waals surface area (Å²) in [6.07, 6.45) is 7.13. The molecule has 3 rings (SSSR count). The van der Waals surface area contributed by atoms with E-state index in [1.54, 1.807) is 0 Å². The Labute approximate surface area is 127 Å². The molecular weight excluding hydrogens is 260 g/mol. The van der Waals surface area contributed by atoms with Crippen LogP contribution in [0.4, 0.5) is 0 Å². The highest BCUT2D eigenvalue weighted by Gasteiger charge is 2.26. The number of hydrogen-bond acceptors (Lipinski definition) is 2. The van der Waals surface area contributed by atoms with Crippen molar-refractivity contribution in [2.24, 2.45) is 5.92 Å². The number of benzene rings is 1. The van der Waals surface area contributed by atoms with Crippen LogP contribution in [0.2, 0.25) is 0 Å². The van der Waals surface area contributed by atoms with Crippen LogP contribution in [0.25, 0.3) is 0 Å². The van der Waals surface area contributed by atoms with Gasteiger partial charge in [-0.25, -0.2) is 0 Å². The fraction of sp³-hybridized carbons (Fsp3) is 0.611. The van der Waals surface area contributed by atoms with Crippen molar-refractivity contribution in [1.29, 1.82) is 0 Å². The highest BCUT2D eigenvalue weighted by Crippen LogP contribution is 2.26. The first kappa shape index (κ1) is 14.6. The summed E-state index contributed by atoms with van der Waals surface area (Å²) in [5, 5.41) is 3.32. The van der Waals surface area contributed by atoms with Gasteiger partial charge in [0.15, 0.2) is 0 Å². The van der Waals surface area contributed by atoms with Crippen molar-refractivity contribution in [3.8, 4) is 0 Å². The molecule has 1 N–H and O–H groups in total. The van der Waals surface area contributed by atoms with Crippen LogP contribution in [0, 0.1) is 5.92 Å². The summed E-state index contributed by atoms with van der Waals surface area (Å²) in [4.78, 5) is 15.0. The molecule has 1 heterocycles. The number of nitrogens with one attached hydrogen (secondary N) is 1. The molecule has 3 heteroatoms. The van der Waals surface area contributed by atoms with Gasteiger partial charge in [-0.3, -0.25) is 4.79 Å². The Kier molecular flexibility index (Phi) is 4.91. The second-order valence-electron chi connectivity index (χ2n) is 6.46. The predicted molar refractivity (Wildman–Crippen MR) is 85.0 cm³/mol. The summed E-state index contributed by atoms with van der Waals surface area (Å²) in [6, 6.07) is 10.6. The second kappa shape index (κ2) is 7.08. The molecule has 1 aliphatic heterocycles. The number of carbonyl (C=O) groups is 1. The van der Waals surface area contributed by atoms with Crippen molar-refractivity contribution < 1.29 is 4.79 Å². The van der Waals surface area contributed by atoms with Crippen molar-refractivity contribution in [2.75, 3.05) is 19.6 Å². The molecule has 1 saturated carbocycles. The largest absolute Gasteiger partial charge is 0.348 e. The Bertz CT molecular complexity index is 448. The van der Waals surface area contributed by atoms with E-state index >= 15 is 0 Å². The van der Waals surface area contributed by atoms with Gasteiger partial charge in [-0.2, -0.15) is 0 Å². The van der Waals surface area contributed by atoms with Gasteiger partial charge in [0.05, 0.1) is 6.04 Å². The minimum atomic E-state index is 0.136. The molecule has 0 spiro atoms. The van der Waals surface area contributed by atoms with Crippen LogP contribution in [0.15, 0.2) is 30.3 Å². The standard InChI is InChI=1S/C18H26N2O/c21-18(16-10-4-5-11-16)19-17(14-20-12-6-7-13-20)15-8-2-1-3-9-15/h1-3,8-9,16-17H,4-7,10-14H2,(H,19,21). The Morgan fingerprint density at radius 1 is 1.10 bits per heavy atom. The van der Waals surface area contributed by atoms with Crippen molar-refractivity contribution in [3.63, 3.8) is 0 Å². The lowest BCUT2D eigenvalue weighted by Crippen LogP contribution is -2.39. The second-order valence-corrected chi connectivity index (χ2v) is 6.46. The number of amides is 1. The van der Waals surface area contributed by atoms with Crippen LogP contribution in [0.5, 0.6) is 0 Å². The number of carbonyl (C=O) groups excluding carboxylic acids is 1. The van der Waals surface area contributed by atoms with Gasteiger partial charge in [0.1, 0.15) is 0 Å². The van der Waals surface area contributed by atoms with Crippen molar-refractivity contribution in [1.82, 2.24) is 10.2 Å². The third-order valence-electron chi connectivity index (χ3n) is 4.88. The van der Waals surface area contributed by atoms with Gasteiger partial charge in [-0.05, 0) is 44.3 Å². The zero-order valence-corrected chi connectivity index (χ0v) is 12.8. The molecule has 114 valence electrons. The molecule has 0 bridgehead atoms. The first-order valence-corrected chi connectivity index (χ1v) is 8.40. The average Bonchev–Trinajstić information content (AvgIpc) is 3.21. The van der Waals surface area contributed by atoms with Gasteiger partial charge in [0.25, 0.3) is 0 Å². The molecule has 21 heavy (non-hydrogen) atoms. The maximum absolute atomic E-state index is 12.5. The summed E-state index contributed by atoms with van der Waals surface area (Å²) < 4.78 is 0. The van der Waals surface area contributed by atoms with Gasteiger partial charge in [-0.1, -0.05) is 43.2 Å². The quantitative estimate of drug-likeness (QED) is 0.902. The topological polar surface area (TPSA) is 32.3 Å². The molecule has 1 aliphatic carbocycles. The van der Waals surface area contributed by atoms with E-state index in [1.807, 2.05) is 6.07 Å². The Hall–Kier alpha value is -1.35. The monoisotopic (exact) mass is 286 g/mol. The van der Waals surface area contributed by atoms with E-state index in [1.165, 1.54) is 44.3 Å². The first-order valence-electron chi connectivity index (χ1n) is 8.40. The van der Waals surface area contributed by atoms with Crippen LogP contribution in [-0.4, -0.2) is 30.4 Å². The van der Waals surface area contributed by atoms with Crippen LogP contribution in [0.3, 0.4) is 0 Å². The molecule has 1 saturated heterocycles. The molecule has 2 aliphatic rings. The Balaban J connectivity index is 1.67. The molecule has 1 aromatic carbocycles. The van der Waals surface area contributed by atoms with Crippen LogP contribution in [-0.2, 0) is 4.79 Å². The highest BCUT2D eigenvalue weighted by atomic mass is 16.1. The third kappa shape index (κ3) is 3.85. The normalized spacial score (nSPS) is 21.5. The van der Waals surface area contributed by atoms with E-state index in [0.29, 0.717) is 0 Å². The van der Waals surface area contributed by atoms with Crippen molar-refractivity contribution >= 4 is 5.91 Å². The fourth-order valence-electron chi connectivity index (χ4n) is 3.62. The van der Waals surface area contributed by atoms with E-state index in [-0.39, 0.29) is 17.9 Å². The maximum Gasteiger partial charge on any atom is 0.223 e. The summed E-state index contributed by atoms with van der Waals surface area (Å²) in [7, 11) is 0. The molecule has 3 nitrogen and oxygen atoms in total. The fourth-order valence-corrected chi connectivity index (χ4v) is 3.62. The SMILES string of the molecule is O=C(NC(CN1CCCC1)c1ccccc1)C1CCCC1. The van der Waals surface area contributed by atoms with Crippen LogP contribution in [0.1, 0.15) is 50.1 Å². The minimum absolute atomic E-state index is 0.136. The van der Waals surface area contributed by atoms with Gasteiger partial charge in [0.2, 0.25) is 5.91 Å². The Morgan fingerprint density at radius 3 is 2.43 bits per heavy atom. The maximum atomic E-state index is 12.5. The van der Waals surface area contributed by atoms with E-state index in [9.17, 15) is 4.79 Å². The van der Waals surface area contributed by atoms with Crippen LogP contribution < -0.4 is 5.32 Å². The predicted octanol–water partition coefficient (Wildman–Crippen LogP) is 3.13. The smallest absolute Gasteiger partial charge is 0.223 e. The molecule has 0 aromatic heterocycles. The average molecular weight is 286 g/mol. The van der Waals surface area contributed by atoms with E-state index < -0.39 is 0 Å². The van der Waals surface area contributed by atoms with E-state index in [4.69, 9.17) is 0 Å². The summed E-state index contributed by atoms with van der Waals surface area (Å²) in [6.45, 7) is 3.29. The molecule has 1 amide bonds. The van der Waals surface area contributed by atoms with Gasteiger partial charge >= 0.3 is 0 Å². The first-order chi connectivity index (χ1) is 10.3. The van der Waals surface area contributed by atoms with Gasteiger partial charge < -0.3 is 10.2 Å². The lowest BCUT2D eigenvalue weighted by atomic mass is 10.0. The summed E-state index contributed by atoms with van der Waals surface area (Å²) in [5.41, 5.74) is 1.23. The lowest BCUT2D eigenvalue weighted by Gasteiger charge is -2.26. The van der Waals surface area contributed by atoms with Crippen molar-refractivity contribution in [2.45, 2.75) is 44.6 Å². The van der Waals surface area contributed by atoms with Crippen molar-refractivity contribution in [3.05, 3.63) is 35.9 Å². The number of nitrogens with zero attached hydrogens (tertiary/aromatic N) is 1. The molecule has 1 aromatic rings. The minimum Gasteiger partial charge on any atom is -0.348 e. The summed E-state index contributed by atoms with van der Waals surface area (Å²) in [5.74, 6) is 0.510. The number of likely N-dealkylation sites (tertiary alicyclic amines) is 1. The third-order valence-corrected chi connectivity index (χ3v) is 4.88. The lowest BCUT2D eigenvalue weighted by molar-refractivity contribution is -0.125. The number of rotatable bonds is 5. The van der Waals surface area contributed by atoms with E-state index in [0.717, 1.165) is 19.4 Å². The van der Waals surface area contributed by atoms with Gasteiger partial charge in [-0.15, -0.1) is 0 Å².